The minimum absolute atomic E-state index is 0.227. The van der Waals surface area contributed by atoms with Crippen molar-refractivity contribution in [2.45, 2.75) is 45.3 Å². The largest absolute Gasteiger partial charge is 0.480 e. The van der Waals surface area contributed by atoms with Crippen LogP contribution < -0.4 is 17.0 Å². The van der Waals surface area contributed by atoms with Crippen LogP contribution in [-0.4, -0.2) is 87.9 Å². The molecule has 0 spiro atoms. The lowest BCUT2D eigenvalue weighted by atomic mass is 10.1. The van der Waals surface area contributed by atoms with Gasteiger partial charge in [0, 0.05) is 40.1 Å². The van der Waals surface area contributed by atoms with Gasteiger partial charge in [-0.15, -0.1) is 0 Å². The van der Waals surface area contributed by atoms with Crippen LogP contribution in [-0.2, 0) is 38.1 Å². The van der Waals surface area contributed by atoms with E-state index in [0.29, 0.717) is 0 Å². The zero-order chi connectivity index (χ0) is 26.9. The van der Waals surface area contributed by atoms with E-state index in [-0.39, 0.29) is 19.1 Å². The average molecular weight is 501 g/mol. The summed E-state index contributed by atoms with van der Waals surface area (Å²) in [4.78, 5) is 70.4. The zero-order valence-corrected chi connectivity index (χ0v) is 19.4. The predicted octanol–water partition coefficient (Wildman–Crippen LogP) is -2.24. The van der Waals surface area contributed by atoms with Gasteiger partial charge < -0.3 is 34.7 Å². The number of nitrogens with one attached hydrogen (secondary N) is 2. The topological polar surface area (TPSA) is 233 Å². The van der Waals surface area contributed by atoms with E-state index < -0.39 is 59.7 Å². The van der Waals surface area contributed by atoms with Crippen LogP contribution in [0.4, 0.5) is 0 Å². The fraction of sp³-hybridized carbons (Fsp3) is 0.526. The van der Waals surface area contributed by atoms with Gasteiger partial charge in [-0.05, 0) is 0 Å². The predicted molar refractivity (Wildman–Crippen MR) is 115 cm³/mol. The highest BCUT2D eigenvalue weighted by molar-refractivity contribution is 5.80. The smallest absolute Gasteiger partial charge is 0.330 e. The maximum absolute atomic E-state index is 12.1. The van der Waals surface area contributed by atoms with Gasteiger partial charge in [0.1, 0.15) is 19.3 Å². The molecule has 0 aromatic carbocycles. The Balaban J connectivity index is 0.000000579. The first-order valence-corrected chi connectivity index (χ1v) is 9.94. The molecule has 1 aliphatic rings. The van der Waals surface area contributed by atoms with E-state index in [1.54, 1.807) is 0 Å². The number of carbonyl (C=O) groups is 4. The highest BCUT2D eigenvalue weighted by Gasteiger charge is 2.50. The Hall–Kier alpha value is -4.21. The number of carboxylic acid groups (broad SMARTS) is 1. The van der Waals surface area contributed by atoms with Gasteiger partial charge in [0.25, 0.3) is 5.56 Å². The quantitative estimate of drug-likeness (QED) is 0.134. The Bertz CT molecular complexity index is 1070. The van der Waals surface area contributed by atoms with Gasteiger partial charge in [-0.1, -0.05) is 0 Å². The molecule has 2 heterocycles. The number of aromatic amines is 1. The van der Waals surface area contributed by atoms with Crippen molar-refractivity contribution in [2.24, 2.45) is 5.73 Å². The molecule has 1 saturated heterocycles. The molecule has 1 aliphatic heterocycles. The van der Waals surface area contributed by atoms with E-state index in [0.717, 1.165) is 35.6 Å². The van der Waals surface area contributed by atoms with Gasteiger partial charge in [-0.25, -0.2) is 4.79 Å². The lowest BCUT2D eigenvalue weighted by molar-refractivity contribution is -0.166. The lowest BCUT2D eigenvalue weighted by Gasteiger charge is -2.23. The Morgan fingerprint density at radius 2 is 1.71 bits per heavy atom. The second-order valence-corrected chi connectivity index (χ2v) is 7.17. The average Bonchev–Trinajstić information content (AvgIpc) is 3.02. The van der Waals surface area contributed by atoms with Crippen molar-refractivity contribution in [1.82, 2.24) is 14.5 Å². The highest BCUT2D eigenvalue weighted by atomic mass is 16.7. The summed E-state index contributed by atoms with van der Waals surface area (Å²) in [6, 6.07) is 1.08. The maximum Gasteiger partial charge on any atom is 0.330 e. The first kappa shape index (κ1) is 28.8. The van der Waals surface area contributed by atoms with Crippen molar-refractivity contribution < 1.29 is 43.2 Å². The van der Waals surface area contributed by atoms with Gasteiger partial charge in [-0.3, -0.25) is 38.9 Å². The van der Waals surface area contributed by atoms with Crippen molar-refractivity contribution in [3.63, 3.8) is 0 Å². The monoisotopic (exact) mass is 501 g/mol. The summed E-state index contributed by atoms with van der Waals surface area (Å²) in [7, 11) is 1.44. The molecule has 0 aliphatic carbocycles. The molecule has 0 bridgehead atoms. The first-order chi connectivity index (χ1) is 16.2. The van der Waals surface area contributed by atoms with Crippen LogP contribution in [0.1, 0.15) is 27.0 Å². The van der Waals surface area contributed by atoms with E-state index in [9.17, 15) is 28.8 Å². The number of carboxylic acids is 1. The molecule has 1 aromatic heterocycles. The maximum atomic E-state index is 12.1. The third-order valence-corrected chi connectivity index (χ3v) is 4.25. The molecule has 0 saturated carbocycles. The number of carbonyl (C=O) groups excluding carboxylic acids is 3. The SMILES string of the molecule is CC(=O)OC[C@H]1O[C@@H](n2ccc(=O)[nH]c2=O)[C@H](OC(C)=O)[C@@H]1OC(C)=O.CN(CC(=O)O)C(=N)N. The van der Waals surface area contributed by atoms with Crippen molar-refractivity contribution in [1.29, 1.82) is 5.41 Å². The number of H-pyrrole nitrogens is 1. The molecule has 0 amide bonds. The van der Waals surface area contributed by atoms with E-state index >= 15 is 0 Å². The van der Waals surface area contributed by atoms with Gasteiger partial charge >= 0.3 is 29.6 Å². The second-order valence-electron chi connectivity index (χ2n) is 7.17. The number of hydrogen-bond acceptors (Lipinski definition) is 11. The van der Waals surface area contributed by atoms with Crippen LogP contribution >= 0.6 is 0 Å². The van der Waals surface area contributed by atoms with Crippen LogP contribution in [0.2, 0.25) is 0 Å². The minimum Gasteiger partial charge on any atom is -0.480 e. The third kappa shape index (κ3) is 9.28. The molecule has 0 radical (unpaired) electrons. The van der Waals surface area contributed by atoms with Crippen LogP contribution in [0.3, 0.4) is 0 Å². The van der Waals surface area contributed by atoms with Gasteiger partial charge in [0.05, 0.1) is 0 Å². The number of ether oxygens (including phenoxy) is 4. The third-order valence-electron chi connectivity index (χ3n) is 4.25. The fourth-order valence-corrected chi connectivity index (χ4v) is 2.83. The summed E-state index contributed by atoms with van der Waals surface area (Å²) >= 11 is 0. The van der Waals surface area contributed by atoms with Gasteiger partial charge in [-0.2, -0.15) is 0 Å². The summed E-state index contributed by atoms with van der Waals surface area (Å²) in [6.45, 7) is 2.95. The molecule has 16 heteroatoms. The lowest BCUT2D eigenvalue weighted by Crippen LogP contribution is -2.42. The van der Waals surface area contributed by atoms with E-state index in [4.69, 9.17) is 35.2 Å². The van der Waals surface area contributed by atoms with Crippen LogP contribution in [0.15, 0.2) is 21.9 Å². The standard InChI is InChI=1S/C15H18N2O9.C4H9N3O2/c1-7(18)23-6-10-12(24-8(2)19)13(25-9(3)20)14(26-10)17-5-4-11(21)16-15(17)22;1-7(4(5)6)2-3(8)9/h4-5,10,12-14H,6H2,1-3H3,(H,16,21,22);2H2,1H3,(H3,5,6)(H,8,9)/t10-,12-,13-,14-;/m1./s1. The summed E-state index contributed by atoms with van der Waals surface area (Å²) in [5.41, 5.74) is 3.50. The van der Waals surface area contributed by atoms with Crippen molar-refractivity contribution in [2.75, 3.05) is 20.2 Å². The number of guanidine groups is 1. The van der Waals surface area contributed by atoms with Crippen LogP contribution in [0.5, 0.6) is 0 Å². The van der Waals surface area contributed by atoms with Crippen molar-refractivity contribution >= 4 is 29.8 Å². The Kier molecular flexibility index (Phi) is 10.6. The molecule has 0 unspecified atom stereocenters. The first-order valence-electron chi connectivity index (χ1n) is 9.94. The number of aromatic nitrogens is 2. The molecule has 2 rings (SSSR count). The van der Waals surface area contributed by atoms with Crippen LogP contribution in [0.25, 0.3) is 0 Å². The Morgan fingerprint density at radius 3 is 2.14 bits per heavy atom. The van der Waals surface area contributed by atoms with Crippen LogP contribution in [0, 0.1) is 5.41 Å². The van der Waals surface area contributed by atoms with Crippen molar-refractivity contribution in [3.05, 3.63) is 33.1 Å². The van der Waals surface area contributed by atoms with E-state index in [1.807, 2.05) is 4.98 Å². The number of aliphatic carboxylic acids is 1. The molecule has 16 nitrogen and oxygen atoms in total. The molecular weight excluding hydrogens is 474 g/mol. The Labute approximate surface area is 198 Å². The molecule has 4 atom stereocenters. The van der Waals surface area contributed by atoms with E-state index in [2.05, 4.69) is 0 Å². The molecule has 194 valence electrons. The molecular formula is C19H27N5O11. The Morgan fingerprint density at radius 1 is 1.14 bits per heavy atom. The van der Waals surface area contributed by atoms with E-state index in [1.165, 1.54) is 14.0 Å². The summed E-state index contributed by atoms with van der Waals surface area (Å²) in [6.07, 6.45) is -3.36. The number of rotatable bonds is 7. The molecule has 5 N–H and O–H groups in total. The van der Waals surface area contributed by atoms with Gasteiger partial charge in [0.15, 0.2) is 24.4 Å². The minimum atomic E-state index is -1.20. The molecule has 35 heavy (non-hydrogen) atoms. The van der Waals surface area contributed by atoms with Crippen molar-refractivity contribution in [3.8, 4) is 0 Å². The zero-order valence-electron chi connectivity index (χ0n) is 19.4. The number of hydrogen-bond donors (Lipinski definition) is 4. The van der Waals surface area contributed by atoms with Gasteiger partial charge in [0.2, 0.25) is 0 Å². The summed E-state index contributed by atoms with van der Waals surface area (Å²) in [5, 5.41) is 14.9. The summed E-state index contributed by atoms with van der Waals surface area (Å²) < 4.78 is 21.9. The highest BCUT2D eigenvalue weighted by Crippen LogP contribution is 2.33. The normalized spacial score (nSPS) is 20.6. The molecule has 1 fully saturated rings. The number of likely N-dealkylation sites (N-methyl/N-ethyl adjacent to an activating group) is 1. The number of nitrogens with zero attached hydrogens (tertiary/aromatic N) is 2. The summed E-state index contributed by atoms with van der Waals surface area (Å²) in [5.74, 6) is -3.21. The fourth-order valence-electron chi connectivity index (χ4n) is 2.83. The second kappa shape index (κ2) is 12.9. The molecule has 1 aromatic rings. The number of nitrogens with two attached hydrogens (primary N) is 1. The number of esters is 3.